The average Bonchev–Trinajstić information content (AvgIpc) is 3.16. The molecule has 0 atom stereocenters. The van der Waals surface area contributed by atoms with Crippen molar-refractivity contribution in [3.05, 3.63) is 47.9 Å². The molecule has 0 saturated carbocycles. The Bertz CT molecular complexity index is 958. The van der Waals surface area contributed by atoms with Crippen LogP contribution >= 0.6 is 0 Å². The Morgan fingerprint density at radius 1 is 1.35 bits per heavy atom. The molecule has 8 nitrogen and oxygen atoms in total. The standard InChI is InChI=1S/C14H13N3O5S/c18-14(19)11-8-15-17-13(11)23(20,21)16-5-3-9-1-2-12-10(7-9)4-6-22-12/h1-2,4,6-8,16H,3,5H2,(H,15,17)(H,18,19). The maximum absolute atomic E-state index is 12.1. The molecular weight excluding hydrogens is 322 g/mol. The Hall–Kier alpha value is -2.65. The van der Waals surface area contributed by atoms with Crippen molar-refractivity contribution in [2.24, 2.45) is 0 Å². The molecule has 23 heavy (non-hydrogen) atoms. The van der Waals surface area contributed by atoms with Crippen LogP contribution in [0.2, 0.25) is 0 Å². The SMILES string of the molecule is O=C(O)c1cn[nH]c1S(=O)(=O)NCCc1ccc2occc2c1. The van der Waals surface area contributed by atoms with Crippen LogP contribution in [0.15, 0.2) is 46.2 Å². The van der Waals surface area contributed by atoms with E-state index >= 15 is 0 Å². The minimum absolute atomic E-state index is 0.129. The molecule has 120 valence electrons. The van der Waals surface area contributed by atoms with Gasteiger partial charge in [-0.15, -0.1) is 0 Å². The van der Waals surface area contributed by atoms with E-state index < -0.39 is 26.6 Å². The summed E-state index contributed by atoms with van der Waals surface area (Å²) in [5.74, 6) is -1.36. The first-order chi connectivity index (χ1) is 11.0. The lowest BCUT2D eigenvalue weighted by Gasteiger charge is -2.06. The Morgan fingerprint density at radius 3 is 2.96 bits per heavy atom. The second-order valence-corrected chi connectivity index (χ2v) is 6.56. The average molecular weight is 335 g/mol. The number of aromatic amines is 1. The summed E-state index contributed by atoms with van der Waals surface area (Å²) in [5.41, 5.74) is 1.31. The highest BCUT2D eigenvalue weighted by molar-refractivity contribution is 7.89. The molecule has 0 aliphatic carbocycles. The Balaban J connectivity index is 1.69. The second kappa shape index (κ2) is 5.86. The summed E-state index contributed by atoms with van der Waals surface area (Å²) in [6, 6.07) is 7.40. The highest BCUT2D eigenvalue weighted by Crippen LogP contribution is 2.17. The lowest BCUT2D eigenvalue weighted by molar-refractivity contribution is 0.0692. The summed E-state index contributed by atoms with van der Waals surface area (Å²) < 4.78 is 31.8. The quantitative estimate of drug-likeness (QED) is 0.625. The van der Waals surface area contributed by atoms with Gasteiger partial charge in [-0.05, 0) is 30.2 Å². The summed E-state index contributed by atoms with van der Waals surface area (Å²) in [4.78, 5) is 11.0. The number of H-pyrrole nitrogens is 1. The third kappa shape index (κ3) is 3.10. The Kier molecular flexibility index (Phi) is 3.89. The van der Waals surface area contributed by atoms with Gasteiger partial charge >= 0.3 is 5.97 Å². The number of carboxylic acid groups (broad SMARTS) is 1. The van der Waals surface area contributed by atoms with E-state index in [9.17, 15) is 13.2 Å². The highest BCUT2D eigenvalue weighted by Gasteiger charge is 2.24. The molecule has 3 aromatic rings. The summed E-state index contributed by atoms with van der Waals surface area (Å²) in [6.07, 6.45) is 3.00. The fraction of sp³-hybridized carbons (Fsp3) is 0.143. The second-order valence-electron chi connectivity index (χ2n) is 4.86. The first kappa shape index (κ1) is 15.3. The van der Waals surface area contributed by atoms with Crippen LogP contribution in [0, 0.1) is 0 Å². The molecule has 0 saturated heterocycles. The number of carbonyl (C=O) groups is 1. The van der Waals surface area contributed by atoms with Gasteiger partial charge in [0.05, 0.1) is 12.5 Å². The zero-order valence-corrected chi connectivity index (χ0v) is 12.6. The van der Waals surface area contributed by atoms with Gasteiger partial charge in [0.2, 0.25) is 0 Å². The number of fused-ring (bicyclic) bond motifs is 1. The largest absolute Gasteiger partial charge is 0.478 e. The van der Waals surface area contributed by atoms with Gasteiger partial charge in [-0.25, -0.2) is 17.9 Å². The van der Waals surface area contributed by atoms with Crippen LogP contribution < -0.4 is 4.72 Å². The number of nitrogens with zero attached hydrogens (tertiary/aromatic N) is 1. The molecule has 3 rings (SSSR count). The maximum Gasteiger partial charge on any atom is 0.340 e. The first-order valence-electron chi connectivity index (χ1n) is 6.70. The van der Waals surface area contributed by atoms with Crippen LogP contribution in [0.4, 0.5) is 0 Å². The van der Waals surface area contributed by atoms with Crippen LogP contribution in [0.1, 0.15) is 15.9 Å². The molecule has 2 heterocycles. The highest BCUT2D eigenvalue weighted by atomic mass is 32.2. The number of aromatic nitrogens is 2. The smallest absolute Gasteiger partial charge is 0.340 e. The Morgan fingerprint density at radius 2 is 2.17 bits per heavy atom. The van der Waals surface area contributed by atoms with Gasteiger partial charge in [-0.2, -0.15) is 5.10 Å². The van der Waals surface area contributed by atoms with Crippen LogP contribution in [0.3, 0.4) is 0 Å². The molecular formula is C14H13N3O5S. The topological polar surface area (TPSA) is 125 Å². The molecule has 0 bridgehead atoms. The van der Waals surface area contributed by atoms with E-state index in [1.165, 1.54) is 0 Å². The van der Waals surface area contributed by atoms with Crippen LogP contribution in [0.5, 0.6) is 0 Å². The normalized spacial score (nSPS) is 11.8. The van der Waals surface area contributed by atoms with Gasteiger partial charge in [-0.1, -0.05) is 6.07 Å². The van der Waals surface area contributed by atoms with Crippen LogP contribution in [-0.2, 0) is 16.4 Å². The van der Waals surface area contributed by atoms with E-state index in [0.29, 0.717) is 6.42 Å². The molecule has 0 radical (unpaired) electrons. The van der Waals surface area contributed by atoms with Gasteiger partial charge in [-0.3, -0.25) is 5.10 Å². The van der Waals surface area contributed by atoms with Gasteiger partial charge < -0.3 is 9.52 Å². The number of sulfonamides is 1. The molecule has 0 fully saturated rings. The summed E-state index contributed by atoms with van der Waals surface area (Å²) in [6.45, 7) is 0.129. The van der Waals surface area contributed by atoms with E-state index in [1.54, 1.807) is 6.26 Å². The zero-order chi connectivity index (χ0) is 16.4. The maximum atomic E-state index is 12.1. The third-order valence-corrected chi connectivity index (χ3v) is 4.76. The lowest BCUT2D eigenvalue weighted by atomic mass is 10.1. The number of benzene rings is 1. The van der Waals surface area contributed by atoms with Crippen molar-refractivity contribution in [1.29, 1.82) is 0 Å². The van der Waals surface area contributed by atoms with Gasteiger partial charge in [0.25, 0.3) is 10.0 Å². The lowest BCUT2D eigenvalue weighted by Crippen LogP contribution is -2.27. The first-order valence-corrected chi connectivity index (χ1v) is 8.18. The van der Waals surface area contributed by atoms with E-state index in [-0.39, 0.29) is 6.54 Å². The molecule has 0 amide bonds. The fourth-order valence-corrected chi connectivity index (χ4v) is 3.32. The predicted molar refractivity (Wildman–Crippen MR) is 80.7 cm³/mol. The van der Waals surface area contributed by atoms with Crippen molar-refractivity contribution < 1.29 is 22.7 Å². The number of hydrogen-bond donors (Lipinski definition) is 3. The van der Waals surface area contributed by atoms with Crippen LogP contribution in [-0.4, -0.2) is 36.2 Å². The van der Waals surface area contributed by atoms with E-state index in [0.717, 1.165) is 22.7 Å². The minimum atomic E-state index is -3.96. The molecule has 1 aromatic carbocycles. The zero-order valence-electron chi connectivity index (χ0n) is 11.8. The number of aromatic carboxylic acids is 1. The number of carboxylic acids is 1. The molecule has 9 heteroatoms. The van der Waals surface area contributed by atoms with Crippen molar-refractivity contribution in [2.75, 3.05) is 6.54 Å². The van der Waals surface area contributed by atoms with Crippen molar-refractivity contribution >= 4 is 27.0 Å². The monoisotopic (exact) mass is 335 g/mol. The molecule has 0 unspecified atom stereocenters. The molecule has 0 aliphatic rings. The number of nitrogens with one attached hydrogen (secondary N) is 2. The van der Waals surface area contributed by atoms with Gasteiger partial charge in [0, 0.05) is 11.9 Å². The molecule has 3 N–H and O–H groups in total. The summed E-state index contributed by atoms with van der Waals surface area (Å²) in [5, 5.41) is 15.1. The fourth-order valence-electron chi connectivity index (χ4n) is 2.21. The minimum Gasteiger partial charge on any atom is -0.478 e. The molecule has 0 spiro atoms. The third-order valence-electron chi connectivity index (χ3n) is 3.33. The van der Waals surface area contributed by atoms with Crippen molar-refractivity contribution in [1.82, 2.24) is 14.9 Å². The van der Waals surface area contributed by atoms with E-state index in [4.69, 9.17) is 9.52 Å². The van der Waals surface area contributed by atoms with E-state index in [2.05, 4.69) is 14.9 Å². The molecule has 2 aromatic heterocycles. The van der Waals surface area contributed by atoms with Crippen molar-refractivity contribution in [2.45, 2.75) is 11.4 Å². The summed E-state index contributed by atoms with van der Waals surface area (Å²) in [7, 11) is -3.96. The number of rotatable bonds is 6. The number of hydrogen-bond acceptors (Lipinski definition) is 5. The predicted octanol–water partition coefficient (Wildman–Crippen LogP) is 1.38. The molecule has 0 aliphatic heterocycles. The van der Waals surface area contributed by atoms with Gasteiger partial charge in [0.1, 0.15) is 11.1 Å². The number of furan rings is 1. The van der Waals surface area contributed by atoms with E-state index in [1.807, 2.05) is 24.3 Å². The van der Waals surface area contributed by atoms with Crippen molar-refractivity contribution in [3.8, 4) is 0 Å². The van der Waals surface area contributed by atoms with Gasteiger partial charge in [0.15, 0.2) is 5.03 Å². The Labute approximate surface area is 131 Å². The summed E-state index contributed by atoms with van der Waals surface area (Å²) >= 11 is 0. The van der Waals surface area contributed by atoms with Crippen molar-refractivity contribution in [3.63, 3.8) is 0 Å². The van der Waals surface area contributed by atoms with Crippen LogP contribution in [0.25, 0.3) is 11.0 Å².